The zero-order valence-electron chi connectivity index (χ0n) is 14.6. The van der Waals surface area contributed by atoms with Gasteiger partial charge < -0.3 is 18.2 Å². The SMILES string of the molecule is COCCc1noc([C@@H]2CCCCN2Cc2nc(-c3ccco3)no2)n1. The van der Waals surface area contributed by atoms with Gasteiger partial charge in [-0.05, 0) is 31.5 Å². The van der Waals surface area contributed by atoms with Gasteiger partial charge in [0.2, 0.25) is 17.6 Å². The lowest BCUT2D eigenvalue weighted by Crippen LogP contribution is -2.33. The van der Waals surface area contributed by atoms with Gasteiger partial charge in [0.25, 0.3) is 0 Å². The van der Waals surface area contributed by atoms with E-state index in [0.29, 0.717) is 48.8 Å². The summed E-state index contributed by atoms with van der Waals surface area (Å²) in [7, 11) is 1.66. The molecular weight excluding hydrogens is 338 g/mol. The number of methoxy groups -OCH3 is 1. The zero-order valence-corrected chi connectivity index (χ0v) is 14.6. The Hall–Kier alpha value is -2.52. The van der Waals surface area contributed by atoms with Gasteiger partial charge in [-0.2, -0.15) is 9.97 Å². The monoisotopic (exact) mass is 359 g/mol. The fourth-order valence-corrected chi connectivity index (χ4v) is 3.16. The van der Waals surface area contributed by atoms with Crippen molar-refractivity contribution in [2.75, 3.05) is 20.3 Å². The van der Waals surface area contributed by atoms with Crippen molar-refractivity contribution in [2.24, 2.45) is 0 Å². The number of hydrogen-bond donors (Lipinski definition) is 0. The van der Waals surface area contributed by atoms with E-state index in [2.05, 4.69) is 25.2 Å². The van der Waals surface area contributed by atoms with Gasteiger partial charge in [0.15, 0.2) is 11.6 Å². The van der Waals surface area contributed by atoms with Crippen molar-refractivity contribution in [3.63, 3.8) is 0 Å². The van der Waals surface area contributed by atoms with E-state index in [4.69, 9.17) is 18.2 Å². The van der Waals surface area contributed by atoms with Gasteiger partial charge in [0, 0.05) is 13.5 Å². The molecule has 9 heteroatoms. The number of rotatable bonds is 7. The predicted molar refractivity (Wildman–Crippen MR) is 88.9 cm³/mol. The van der Waals surface area contributed by atoms with Gasteiger partial charge in [-0.25, -0.2) is 0 Å². The van der Waals surface area contributed by atoms with Crippen LogP contribution in [0.2, 0.25) is 0 Å². The maximum atomic E-state index is 5.49. The molecule has 0 radical (unpaired) electrons. The molecule has 1 saturated heterocycles. The highest BCUT2D eigenvalue weighted by atomic mass is 16.5. The number of nitrogens with zero attached hydrogens (tertiary/aromatic N) is 5. The van der Waals surface area contributed by atoms with Crippen molar-refractivity contribution in [2.45, 2.75) is 38.3 Å². The van der Waals surface area contributed by atoms with E-state index in [0.717, 1.165) is 25.8 Å². The minimum absolute atomic E-state index is 0.0616. The van der Waals surface area contributed by atoms with Crippen LogP contribution in [0.15, 0.2) is 31.9 Å². The third kappa shape index (κ3) is 3.68. The molecule has 0 aromatic carbocycles. The molecule has 0 spiro atoms. The van der Waals surface area contributed by atoms with Crippen molar-refractivity contribution < 1.29 is 18.2 Å². The standard InChI is InChI=1S/C17H21N5O4/c1-23-10-7-14-18-17(26-20-14)12-5-2-3-8-22(12)11-15-19-16(21-25-15)13-6-4-9-24-13/h4,6,9,12H,2-3,5,7-8,10-11H2,1H3/t12-/m0/s1. The molecule has 3 aromatic rings. The Labute approximate surface area is 150 Å². The van der Waals surface area contributed by atoms with Crippen molar-refractivity contribution in [1.29, 1.82) is 0 Å². The number of piperidine rings is 1. The molecule has 1 aliphatic rings. The summed E-state index contributed by atoms with van der Waals surface area (Å²) in [6.45, 7) is 2.03. The van der Waals surface area contributed by atoms with Crippen LogP contribution in [0.1, 0.15) is 42.9 Å². The van der Waals surface area contributed by atoms with E-state index in [1.54, 1.807) is 25.5 Å². The van der Waals surface area contributed by atoms with Crippen molar-refractivity contribution in [1.82, 2.24) is 25.2 Å². The lowest BCUT2D eigenvalue weighted by Gasteiger charge is -2.31. The number of furan rings is 1. The minimum atomic E-state index is 0.0616. The summed E-state index contributed by atoms with van der Waals surface area (Å²) in [6.07, 6.45) is 5.43. The van der Waals surface area contributed by atoms with Gasteiger partial charge in [-0.1, -0.05) is 16.7 Å². The molecule has 4 heterocycles. The molecule has 0 amide bonds. The molecule has 4 rings (SSSR count). The second kappa shape index (κ2) is 7.79. The van der Waals surface area contributed by atoms with Crippen LogP contribution in [0.5, 0.6) is 0 Å². The molecule has 1 atom stereocenters. The molecule has 9 nitrogen and oxygen atoms in total. The predicted octanol–water partition coefficient (Wildman–Crippen LogP) is 2.63. The van der Waals surface area contributed by atoms with E-state index in [9.17, 15) is 0 Å². The van der Waals surface area contributed by atoms with Gasteiger partial charge >= 0.3 is 0 Å². The molecular formula is C17H21N5O4. The average Bonchev–Trinajstić information content (AvgIpc) is 3.41. The van der Waals surface area contributed by atoms with E-state index < -0.39 is 0 Å². The smallest absolute Gasteiger partial charge is 0.244 e. The van der Waals surface area contributed by atoms with E-state index in [1.807, 2.05) is 0 Å². The zero-order chi connectivity index (χ0) is 17.8. The van der Waals surface area contributed by atoms with Crippen LogP contribution in [-0.2, 0) is 17.7 Å². The molecule has 1 aliphatic heterocycles. The number of hydrogen-bond acceptors (Lipinski definition) is 9. The highest BCUT2D eigenvalue weighted by molar-refractivity contribution is 5.44. The second-order valence-corrected chi connectivity index (χ2v) is 6.26. The summed E-state index contributed by atoms with van der Waals surface area (Å²) in [5, 5.41) is 8.04. The number of likely N-dealkylation sites (tertiary alicyclic amines) is 1. The molecule has 0 N–H and O–H groups in total. The Morgan fingerprint density at radius 2 is 2.19 bits per heavy atom. The third-order valence-corrected chi connectivity index (χ3v) is 4.46. The van der Waals surface area contributed by atoms with E-state index in [1.165, 1.54) is 0 Å². The van der Waals surface area contributed by atoms with Crippen LogP contribution in [0.3, 0.4) is 0 Å². The second-order valence-electron chi connectivity index (χ2n) is 6.26. The quantitative estimate of drug-likeness (QED) is 0.629. The maximum absolute atomic E-state index is 5.49. The van der Waals surface area contributed by atoms with Crippen LogP contribution in [0.4, 0.5) is 0 Å². The minimum Gasteiger partial charge on any atom is -0.461 e. The molecule has 0 aliphatic carbocycles. The first-order valence-electron chi connectivity index (χ1n) is 8.75. The first kappa shape index (κ1) is 16.9. The maximum Gasteiger partial charge on any atom is 0.244 e. The molecule has 138 valence electrons. The van der Waals surface area contributed by atoms with Gasteiger partial charge in [-0.15, -0.1) is 0 Å². The van der Waals surface area contributed by atoms with Crippen molar-refractivity contribution in [3.8, 4) is 11.6 Å². The summed E-state index contributed by atoms with van der Waals surface area (Å²) in [5.74, 6) is 2.90. The highest BCUT2D eigenvalue weighted by Gasteiger charge is 2.30. The van der Waals surface area contributed by atoms with Crippen LogP contribution >= 0.6 is 0 Å². The summed E-state index contributed by atoms with van der Waals surface area (Å²) >= 11 is 0. The Bertz CT molecular complexity index is 813. The molecule has 0 bridgehead atoms. The summed E-state index contributed by atoms with van der Waals surface area (Å²) in [5.41, 5.74) is 0. The summed E-state index contributed by atoms with van der Waals surface area (Å²) < 4.78 is 21.3. The van der Waals surface area contributed by atoms with Crippen LogP contribution in [-0.4, -0.2) is 45.4 Å². The topological polar surface area (TPSA) is 103 Å². The highest BCUT2D eigenvalue weighted by Crippen LogP contribution is 2.31. The number of ether oxygens (including phenoxy) is 1. The van der Waals surface area contributed by atoms with E-state index in [-0.39, 0.29) is 6.04 Å². The van der Waals surface area contributed by atoms with Crippen molar-refractivity contribution >= 4 is 0 Å². The van der Waals surface area contributed by atoms with Gasteiger partial charge in [-0.3, -0.25) is 4.90 Å². The summed E-state index contributed by atoms with van der Waals surface area (Å²) in [6, 6.07) is 3.66. The Balaban J connectivity index is 1.46. The van der Waals surface area contributed by atoms with Gasteiger partial charge in [0.05, 0.1) is 25.5 Å². The van der Waals surface area contributed by atoms with E-state index >= 15 is 0 Å². The molecule has 0 unspecified atom stereocenters. The lowest BCUT2D eigenvalue weighted by atomic mass is 10.0. The van der Waals surface area contributed by atoms with Crippen LogP contribution in [0.25, 0.3) is 11.6 Å². The molecule has 0 saturated carbocycles. The lowest BCUT2D eigenvalue weighted by molar-refractivity contribution is 0.0985. The fraction of sp³-hybridized carbons (Fsp3) is 0.529. The average molecular weight is 359 g/mol. The Morgan fingerprint density at radius 3 is 3.04 bits per heavy atom. The summed E-state index contributed by atoms with van der Waals surface area (Å²) in [4.78, 5) is 11.2. The molecule has 3 aromatic heterocycles. The normalized spacial score (nSPS) is 18.4. The van der Waals surface area contributed by atoms with Crippen LogP contribution in [0, 0.1) is 0 Å². The first-order valence-corrected chi connectivity index (χ1v) is 8.75. The van der Waals surface area contributed by atoms with Crippen molar-refractivity contribution in [3.05, 3.63) is 36.0 Å². The number of aromatic nitrogens is 4. The first-order chi connectivity index (χ1) is 12.8. The Morgan fingerprint density at radius 1 is 1.23 bits per heavy atom. The third-order valence-electron chi connectivity index (χ3n) is 4.46. The Kier molecular flexibility index (Phi) is 5.07. The molecule has 1 fully saturated rings. The van der Waals surface area contributed by atoms with Gasteiger partial charge in [0.1, 0.15) is 0 Å². The molecule has 26 heavy (non-hydrogen) atoms. The largest absolute Gasteiger partial charge is 0.461 e. The fourth-order valence-electron chi connectivity index (χ4n) is 3.16. The van der Waals surface area contributed by atoms with Crippen LogP contribution < -0.4 is 0 Å².